The van der Waals surface area contributed by atoms with Gasteiger partial charge in [-0.15, -0.1) is 12.4 Å². The number of ether oxygens (including phenoxy) is 1. The number of hydrogen-bond donors (Lipinski definition) is 0. The summed E-state index contributed by atoms with van der Waals surface area (Å²) in [4.78, 5) is 0. The third kappa shape index (κ3) is 4.05. The molecule has 0 aliphatic carbocycles. The average molecular weight is 378 g/mol. The van der Waals surface area contributed by atoms with E-state index in [9.17, 15) is 0 Å². The van der Waals surface area contributed by atoms with Crippen LogP contribution in [0.15, 0.2) is 91.0 Å². The van der Waals surface area contributed by atoms with Gasteiger partial charge in [0.2, 0.25) is 0 Å². The Balaban J connectivity index is 0.00000144. The molecule has 3 aromatic rings. The molecule has 3 aromatic carbocycles. The largest absolute Gasteiger partial charge is 0.348 e. The second-order valence-corrected chi connectivity index (χ2v) is 8.66. The van der Waals surface area contributed by atoms with Gasteiger partial charge in [-0.05, 0) is 36.4 Å². The van der Waals surface area contributed by atoms with Gasteiger partial charge in [-0.25, -0.2) is 0 Å². The molecule has 0 saturated carbocycles. The second-order valence-electron chi connectivity index (χ2n) is 5.23. The third-order valence-electron chi connectivity index (χ3n) is 3.91. The smallest absolute Gasteiger partial charge is 0.170 e. The minimum Gasteiger partial charge on any atom is -0.348 e. The van der Waals surface area contributed by atoms with Crippen molar-refractivity contribution in [3.8, 4) is 0 Å². The molecule has 0 aliphatic rings. The molecule has 0 aliphatic heterocycles. The van der Waals surface area contributed by atoms with Gasteiger partial charge in [-0.1, -0.05) is 54.6 Å². The summed E-state index contributed by atoms with van der Waals surface area (Å²) in [7, 11) is 0.0197. The summed E-state index contributed by atoms with van der Waals surface area (Å²) >= 11 is 0. The number of rotatable bonds is 5. The summed E-state index contributed by atoms with van der Waals surface area (Å²) in [6, 6.07) is 32.3. The monoisotopic (exact) mass is 377 g/mol. The molecule has 0 bridgehead atoms. The Morgan fingerprint density at radius 1 is 0.625 bits per heavy atom. The molecule has 0 spiro atoms. The van der Waals surface area contributed by atoms with Crippen molar-refractivity contribution in [2.45, 2.75) is 0 Å². The van der Waals surface area contributed by atoms with Gasteiger partial charge < -0.3 is 4.74 Å². The molecule has 3 rings (SSSR count). The lowest BCUT2D eigenvalue weighted by atomic mass is 10.4. The van der Waals surface area contributed by atoms with Crippen LogP contribution in [-0.4, -0.2) is 13.5 Å². The van der Waals surface area contributed by atoms with Crippen molar-refractivity contribution in [1.29, 1.82) is 0 Å². The van der Waals surface area contributed by atoms with Crippen LogP contribution >= 0.6 is 29.6 Å². The van der Waals surface area contributed by atoms with Gasteiger partial charge in [0.25, 0.3) is 0 Å². The Bertz CT molecular complexity index is 609. The van der Waals surface area contributed by atoms with Gasteiger partial charge in [0.15, 0.2) is 6.35 Å². The van der Waals surface area contributed by atoms with Crippen LogP contribution in [0.3, 0.4) is 0 Å². The molecule has 0 radical (unpaired) electrons. The minimum absolute atomic E-state index is 0. The van der Waals surface area contributed by atoms with E-state index < -0.39 is 7.26 Å². The summed E-state index contributed by atoms with van der Waals surface area (Å²) in [6.07, 6.45) is 0.713. The Labute approximate surface area is 154 Å². The second kappa shape index (κ2) is 9.92. The van der Waals surface area contributed by atoms with Crippen molar-refractivity contribution in [1.82, 2.24) is 0 Å². The molecule has 1 atom stereocenters. The zero-order valence-electron chi connectivity index (χ0n) is 13.8. The van der Waals surface area contributed by atoms with Crippen LogP contribution in [0, 0.1) is 0 Å². The van der Waals surface area contributed by atoms with E-state index in [1.165, 1.54) is 15.9 Å². The normalized spacial score (nSPS) is 10.4. The highest BCUT2D eigenvalue weighted by molar-refractivity contribution is 7.95. The zero-order chi connectivity index (χ0) is 15.3. The van der Waals surface area contributed by atoms with E-state index in [1.807, 2.05) is 0 Å². The molecule has 1 unspecified atom stereocenters. The van der Waals surface area contributed by atoms with Crippen LogP contribution in [0.25, 0.3) is 0 Å². The number of hydrogen-bond acceptors (Lipinski definition) is 1. The van der Waals surface area contributed by atoms with Gasteiger partial charge in [0.05, 0.1) is 0 Å². The lowest BCUT2D eigenvalue weighted by Crippen LogP contribution is -2.33. The average Bonchev–Trinajstić information content (AvgIpc) is 2.62. The SMILES string of the molecule is COC[P+](c1ccccc1)(c1ccccc1)c1ccccc1.Cl.P. The predicted octanol–water partition coefficient (Wildman–Crippen LogP) is 4.06. The fourth-order valence-corrected chi connectivity index (χ4v) is 6.68. The first-order chi connectivity index (χ1) is 10.9. The van der Waals surface area contributed by atoms with Crippen molar-refractivity contribution in [2.75, 3.05) is 13.5 Å². The Morgan fingerprint density at radius 3 is 1.17 bits per heavy atom. The van der Waals surface area contributed by atoms with Crippen molar-refractivity contribution in [3.05, 3.63) is 91.0 Å². The molecule has 0 heterocycles. The summed E-state index contributed by atoms with van der Waals surface area (Å²) in [5.41, 5.74) is 0. The van der Waals surface area contributed by atoms with Crippen LogP contribution in [0.1, 0.15) is 0 Å². The lowest BCUT2D eigenvalue weighted by Gasteiger charge is -2.26. The van der Waals surface area contributed by atoms with Crippen molar-refractivity contribution >= 4 is 45.5 Å². The molecule has 0 aromatic heterocycles. The van der Waals surface area contributed by atoms with Crippen molar-refractivity contribution in [2.24, 2.45) is 0 Å². The number of methoxy groups -OCH3 is 1. The standard InChI is InChI=1S/C20H20OP.ClH.H3P/c1-21-17-22(18-11-5-2-6-12-18,19-13-7-3-8-14-19)20-15-9-4-10-16-20;;/h2-16H,17H2,1H3;1H;1H3/q+1;;. The molecule has 0 amide bonds. The Hall–Kier alpha value is -1.23. The maximum absolute atomic E-state index is 5.72. The van der Waals surface area contributed by atoms with Crippen molar-refractivity contribution < 1.29 is 4.74 Å². The molecule has 126 valence electrons. The summed E-state index contributed by atoms with van der Waals surface area (Å²) in [5.74, 6) is 0. The van der Waals surface area contributed by atoms with Gasteiger partial charge in [-0.2, -0.15) is 9.90 Å². The molecule has 24 heavy (non-hydrogen) atoms. The van der Waals surface area contributed by atoms with E-state index in [-0.39, 0.29) is 22.3 Å². The van der Waals surface area contributed by atoms with Crippen LogP contribution in [0.4, 0.5) is 0 Å². The quantitative estimate of drug-likeness (QED) is 0.609. The number of halogens is 1. The van der Waals surface area contributed by atoms with E-state index >= 15 is 0 Å². The van der Waals surface area contributed by atoms with Crippen molar-refractivity contribution in [3.63, 3.8) is 0 Å². The Morgan fingerprint density at radius 2 is 0.917 bits per heavy atom. The highest BCUT2D eigenvalue weighted by Crippen LogP contribution is 2.54. The van der Waals surface area contributed by atoms with Crippen LogP contribution < -0.4 is 15.9 Å². The maximum atomic E-state index is 5.72. The fourth-order valence-electron chi connectivity index (χ4n) is 2.91. The highest BCUT2D eigenvalue weighted by Gasteiger charge is 2.45. The lowest BCUT2D eigenvalue weighted by molar-refractivity contribution is 0.255. The molecule has 1 nitrogen and oxygen atoms in total. The van der Waals surface area contributed by atoms with E-state index in [1.54, 1.807) is 7.11 Å². The van der Waals surface area contributed by atoms with Gasteiger partial charge in [0, 0.05) is 7.11 Å². The van der Waals surface area contributed by atoms with Crippen LogP contribution in [-0.2, 0) is 4.74 Å². The third-order valence-corrected chi connectivity index (χ3v) is 8.10. The highest BCUT2D eigenvalue weighted by atomic mass is 35.5. The first-order valence-corrected chi connectivity index (χ1v) is 9.39. The maximum Gasteiger partial charge on any atom is 0.170 e. The molecule has 0 fully saturated rings. The van der Waals surface area contributed by atoms with Crippen LogP contribution in [0.5, 0.6) is 0 Å². The summed E-state index contributed by atoms with van der Waals surface area (Å²) in [5, 5.41) is 4.07. The molecule has 0 N–H and O–H groups in total. The van der Waals surface area contributed by atoms with E-state index in [4.69, 9.17) is 4.74 Å². The summed E-state index contributed by atoms with van der Waals surface area (Å²) in [6.45, 7) is 0. The van der Waals surface area contributed by atoms with Gasteiger partial charge in [-0.3, -0.25) is 0 Å². The molecular formula is C20H24ClOP2+. The predicted molar refractivity (Wildman–Crippen MR) is 115 cm³/mol. The first kappa shape index (κ1) is 20.8. The van der Waals surface area contributed by atoms with E-state index in [2.05, 4.69) is 91.0 Å². The fraction of sp³-hybridized carbons (Fsp3) is 0.100. The van der Waals surface area contributed by atoms with Crippen LogP contribution in [0.2, 0.25) is 0 Å². The Kier molecular flexibility index (Phi) is 8.60. The first-order valence-electron chi connectivity index (χ1n) is 7.42. The molecule has 4 heteroatoms. The zero-order valence-corrected chi connectivity index (χ0v) is 17.0. The number of benzene rings is 3. The summed E-state index contributed by atoms with van der Waals surface area (Å²) < 4.78 is 5.72. The molecular weight excluding hydrogens is 354 g/mol. The van der Waals surface area contributed by atoms with E-state index in [0.717, 1.165) is 0 Å². The van der Waals surface area contributed by atoms with Gasteiger partial charge in [0.1, 0.15) is 23.2 Å². The van der Waals surface area contributed by atoms with Gasteiger partial charge >= 0.3 is 0 Å². The minimum atomic E-state index is -1.78. The topological polar surface area (TPSA) is 9.23 Å². The molecule has 0 saturated heterocycles. The van der Waals surface area contributed by atoms with E-state index in [0.29, 0.717) is 6.35 Å².